The predicted octanol–water partition coefficient (Wildman–Crippen LogP) is 10.8. The second-order valence-electron chi connectivity index (χ2n) is 12.8. The summed E-state index contributed by atoms with van der Waals surface area (Å²) in [5, 5.41) is 12.1. The van der Waals surface area contributed by atoms with Gasteiger partial charge in [-0.1, -0.05) is 126 Å². The van der Waals surface area contributed by atoms with Crippen molar-refractivity contribution in [1.29, 1.82) is 0 Å². The molecule has 0 radical (unpaired) electrons. The molecule has 2 heteroatoms. The molecule has 0 amide bonds. The van der Waals surface area contributed by atoms with E-state index < -0.39 is 0 Å². The fourth-order valence-corrected chi connectivity index (χ4v) is 5.48. The zero-order chi connectivity index (χ0) is 27.8. The van der Waals surface area contributed by atoms with Crippen LogP contribution in [-0.4, -0.2) is 24.0 Å². The van der Waals surface area contributed by atoms with E-state index in [1.165, 1.54) is 44.5 Å². The number of para-hydroxylation sites is 1. The van der Waals surface area contributed by atoms with Crippen molar-refractivity contribution in [2.75, 3.05) is 0 Å². The first-order chi connectivity index (χ1) is 17.3. The van der Waals surface area contributed by atoms with Gasteiger partial charge in [-0.15, -0.1) is 0 Å². The van der Waals surface area contributed by atoms with E-state index in [-0.39, 0.29) is 18.9 Å². The summed E-state index contributed by atoms with van der Waals surface area (Å²) in [5.41, 5.74) is 12.4. The van der Waals surface area contributed by atoms with Gasteiger partial charge in [0.1, 0.15) is 5.75 Å². The summed E-state index contributed by atoms with van der Waals surface area (Å²) in [7, 11) is 0. The Morgan fingerprint density at radius 3 is 0.921 bits per heavy atom. The molecule has 0 spiro atoms. The van der Waals surface area contributed by atoms with Gasteiger partial charge in [-0.2, -0.15) is 0 Å². The molecule has 0 atom stereocenters. The Kier molecular flexibility index (Phi) is 11.0. The van der Waals surface area contributed by atoms with E-state index >= 15 is 0 Å². The molecule has 38 heavy (non-hydrogen) atoms. The second kappa shape index (κ2) is 12.9. The van der Waals surface area contributed by atoms with Crippen LogP contribution in [0.3, 0.4) is 0 Å². The molecule has 0 bridgehead atoms. The van der Waals surface area contributed by atoms with Gasteiger partial charge in [0.05, 0.1) is 0 Å². The van der Waals surface area contributed by atoms with E-state index in [0.717, 1.165) is 11.1 Å². The van der Waals surface area contributed by atoms with Crippen molar-refractivity contribution in [2.24, 2.45) is 0 Å². The van der Waals surface area contributed by atoms with Gasteiger partial charge < -0.3 is 5.11 Å². The van der Waals surface area contributed by atoms with Crippen LogP contribution in [0.25, 0.3) is 22.3 Å². The van der Waals surface area contributed by atoms with Gasteiger partial charge in [0.25, 0.3) is 0 Å². The third-order valence-electron chi connectivity index (χ3n) is 7.84. The van der Waals surface area contributed by atoms with Gasteiger partial charge in [-0.05, 0) is 80.0 Å². The molecular weight excluding hydrogens is 455 g/mol. The molecular formula is C36H51LiO. The van der Waals surface area contributed by atoms with E-state index in [0.29, 0.717) is 41.3 Å². The first-order valence-electron chi connectivity index (χ1n) is 14.4. The molecule has 0 saturated carbocycles. The van der Waals surface area contributed by atoms with Crippen molar-refractivity contribution < 1.29 is 5.11 Å². The van der Waals surface area contributed by atoms with Crippen LogP contribution >= 0.6 is 0 Å². The zero-order valence-electron chi connectivity index (χ0n) is 25.5. The standard InChI is InChI=1S/C36H50O.Li.H/c1-20(2)26-16-30(22(5)6)34(31(17-26)23(7)8)28-14-13-15-29(36(28)37)35-32(24(9)10)18-27(21(3)4)19-33(35)25(11)12;;/h13-25,37H,1-12H3;;. The molecule has 0 aromatic heterocycles. The second-order valence-corrected chi connectivity index (χ2v) is 12.8. The Balaban J connectivity index is 0.00000507. The Bertz CT molecular complexity index is 1090. The van der Waals surface area contributed by atoms with Gasteiger partial charge in [0, 0.05) is 11.1 Å². The summed E-state index contributed by atoms with van der Waals surface area (Å²) in [5.74, 6) is 2.77. The molecule has 1 nitrogen and oxygen atoms in total. The Hall–Kier alpha value is -1.94. The minimum absolute atomic E-state index is 0. The van der Waals surface area contributed by atoms with Crippen LogP contribution in [0.15, 0.2) is 42.5 Å². The minimum atomic E-state index is 0. The summed E-state index contributed by atoms with van der Waals surface area (Å²) < 4.78 is 0. The van der Waals surface area contributed by atoms with E-state index in [2.05, 4.69) is 126 Å². The zero-order valence-corrected chi connectivity index (χ0v) is 25.5. The predicted molar refractivity (Wildman–Crippen MR) is 171 cm³/mol. The molecule has 0 aliphatic rings. The molecule has 3 aromatic carbocycles. The average Bonchev–Trinajstić information content (AvgIpc) is 2.82. The van der Waals surface area contributed by atoms with E-state index in [1.807, 2.05) is 0 Å². The SMILES string of the molecule is CC(C)c1cc(C(C)C)c(-c2cccc(-c3c(C(C)C)cc(C(C)C)cc3C(C)C)c2O)c(C(C)C)c1.[LiH]. The third kappa shape index (κ3) is 6.43. The number of phenolic OH excluding ortho intramolecular Hbond substituents is 1. The van der Waals surface area contributed by atoms with Crippen LogP contribution in [0.5, 0.6) is 5.75 Å². The molecule has 1 N–H and O–H groups in total. The van der Waals surface area contributed by atoms with Crippen molar-refractivity contribution in [3.05, 3.63) is 75.8 Å². The molecule has 0 unspecified atom stereocenters. The normalized spacial score (nSPS) is 11.9. The average molecular weight is 507 g/mol. The van der Waals surface area contributed by atoms with Crippen LogP contribution in [0.4, 0.5) is 0 Å². The molecule has 0 saturated heterocycles. The number of benzene rings is 3. The van der Waals surface area contributed by atoms with Crippen LogP contribution in [-0.2, 0) is 0 Å². The van der Waals surface area contributed by atoms with Crippen molar-refractivity contribution in [3.63, 3.8) is 0 Å². The topological polar surface area (TPSA) is 20.2 Å². The van der Waals surface area contributed by atoms with Crippen molar-refractivity contribution in [2.45, 2.75) is 119 Å². The first kappa shape index (κ1) is 32.3. The Morgan fingerprint density at radius 2 is 0.711 bits per heavy atom. The fourth-order valence-electron chi connectivity index (χ4n) is 5.48. The fraction of sp³-hybridized carbons (Fsp3) is 0.500. The van der Waals surface area contributed by atoms with E-state index in [4.69, 9.17) is 0 Å². The van der Waals surface area contributed by atoms with Gasteiger partial charge >= 0.3 is 18.9 Å². The van der Waals surface area contributed by atoms with E-state index in [1.54, 1.807) is 0 Å². The van der Waals surface area contributed by atoms with Gasteiger partial charge in [-0.25, -0.2) is 0 Å². The van der Waals surface area contributed by atoms with Gasteiger partial charge in [-0.3, -0.25) is 0 Å². The van der Waals surface area contributed by atoms with Crippen LogP contribution in [0, 0.1) is 0 Å². The molecule has 3 aromatic rings. The molecule has 0 fully saturated rings. The summed E-state index contributed by atoms with van der Waals surface area (Å²) in [4.78, 5) is 0. The summed E-state index contributed by atoms with van der Waals surface area (Å²) in [6.45, 7) is 27.2. The maximum absolute atomic E-state index is 12.1. The Morgan fingerprint density at radius 1 is 0.447 bits per heavy atom. The summed E-state index contributed by atoms with van der Waals surface area (Å²) in [6, 6.07) is 15.9. The van der Waals surface area contributed by atoms with Gasteiger partial charge in [0.15, 0.2) is 0 Å². The van der Waals surface area contributed by atoms with Gasteiger partial charge in [0.2, 0.25) is 0 Å². The third-order valence-corrected chi connectivity index (χ3v) is 7.84. The molecule has 202 valence electrons. The summed E-state index contributed by atoms with van der Waals surface area (Å²) >= 11 is 0. The Labute approximate surface area is 245 Å². The number of rotatable bonds is 8. The first-order valence-corrected chi connectivity index (χ1v) is 14.4. The van der Waals surface area contributed by atoms with Crippen molar-refractivity contribution in [3.8, 4) is 28.0 Å². The van der Waals surface area contributed by atoms with Crippen molar-refractivity contribution >= 4 is 18.9 Å². The molecule has 0 heterocycles. The van der Waals surface area contributed by atoms with Crippen molar-refractivity contribution in [1.82, 2.24) is 0 Å². The van der Waals surface area contributed by atoms with Crippen LogP contribution in [0.1, 0.15) is 152 Å². The van der Waals surface area contributed by atoms with Crippen LogP contribution in [0.2, 0.25) is 0 Å². The molecule has 3 rings (SSSR count). The maximum atomic E-state index is 12.1. The van der Waals surface area contributed by atoms with Crippen LogP contribution < -0.4 is 0 Å². The number of hydrogen-bond donors (Lipinski definition) is 1. The molecule has 0 aliphatic carbocycles. The monoisotopic (exact) mass is 506 g/mol. The molecule has 0 aliphatic heterocycles. The number of aromatic hydroxyl groups is 1. The number of phenols is 1. The summed E-state index contributed by atoms with van der Waals surface area (Å²) in [6.07, 6.45) is 0. The van der Waals surface area contributed by atoms with E-state index in [9.17, 15) is 5.11 Å². The number of hydrogen-bond acceptors (Lipinski definition) is 1. The quantitative estimate of drug-likeness (QED) is 0.301.